The van der Waals surface area contributed by atoms with Gasteiger partial charge >= 0.3 is 6.01 Å². The van der Waals surface area contributed by atoms with Crippen molar-refractivity contribution in [3.63, 3.8) is 0 Å². The molecular weight excluding hydrogens is 366 g/mol. The zero-order chi connectivity index (χ0) is 18.8. The number of ether oxygens (including phenoxy) is 1. The third-order valence-electron chi connectivity index (χ3n) is 4.11. The van der Waals surface area contributed by atoms with E-state index in [2.05, 4.69) is 20.3 Å². The number of aromatic nitrogens is 5. The number of hydrogen-bond acceptors (Lipinski definition) is 6. The van der Waals surface area contributed by atoms with Crippen LogP contribution in [-0.4, -0.2) is 24.9 Å². The van der Waals surface area contributed by atoms with Gasteiger partial charge in [0.25, 0.3) is 0 Å². The third kappa shape index (κ3) is 3.54. The van der Waals surface area contributed by atoms with Crippen molar-refractivity contribution in [2.75, 3.05) is 0 Å². The number of benzene rings is 1. The van der Waals surface area contributed by atoms with Crippen molar-refractivity contribution in [2.45, 2.75) is 13.0 Å². The lowest BCUT2D eigenvalue weighted by atomic mass is 10.1. The Bertz CT molecular complexity index is 1060. The second kappa shape index (κ2) is 7.20. The van der Waals surface area contributed by atoms with Crippen molar-refractivity contribution in [2.24, 2.45) is 7.05 Å². The van der Waals surface area contributed by atoms with Crippen molar-refractivity contribution in [1.29, 1.82) is 0 Å². The van der Waals surface area contributed by atoms with Crippen LogP contribution < -0.4 is 4.74 Å². The number of nitrogens with zero attached hydrogens (tertiary/aromatic N) is 5. The average Bonchev–Trinajstić information content (AvgIpc) is 3.31. The number of rotatable bonds is 5. The Morgan fingerprint density at radius 2 is 1.89 bits per heavy atom. The fourth-order valence-corrected chi connectivity index (χ4v) is 2.84. The van der Waals surface area contributed by atoms with E-state index in [4.69, 9.17) is 20.9 Å². The van der Waals surface area contributed by atoms with Gasteiger partial charge in [-0.15, -0.1) is 5.10 Å². The first-order chi connectivity index (χ1) is 13.1. The molecule has 0 amide bonds. The highest BCUT2D eigenvalue weighted by molar-refractivity contribution is 6.30. The first kappa shape index (κ1) is 17.2. The van der Waals surface area contributed by atoms with E-state index in [0.29, 0.717) is 28.3 Å². The first-order valence-electron chi connectivity index (χ1n) is 8.31. The molecule has 0 radical (unpaired) electrons. The van der Waals surface area contributed by atoms with E-state index in [1.54, 1.807) is 17.0 Å². The van der Waals surface area contributed by atoms with Crippen LogP contribution in [0.25, 0.3) is 22.7 Å². The molecule has 3 heterocycles. The van der Waals surface area contributed by atoms with Crippen molar-refractivity contribution >= 4 is 11.6 Å². The Hall–Kier alpha value is -3.19. The maximum atomic E-state index is 6.03. The van der Waals surface area contributed by atoms with Gasteiger partial charge in [-0.25, -0.2) is 0 Å². The van der Waals surface area contributed by atoms with Crippen molar-refractivity contribution in [3.05, 3.63) is 65.6 Å². The molecule has 0 saturated heterocycles. The molecule has 0 bridgehead atoms. The predicted octanol–water partition coefficient (Wildman–Crippen LogP) is 4.33. The van der Waals surface area contributed by atoms with Gasteiger partial charge < -0.3 is 9.26 Å². The summed E-state index contributed by atoms with van der Waals surface area (Å²) in [6, 6.07) is 13.4. The van der Waals surface area contributed by atoms with Crippen molar-refractivity contribution < 1.29 is 9.26 Å². The molecule has 3 aromatic heterocycles. The molecule has 0 aliphatic carbocycles. The molecule has 4 rings (SSSR count). The fraction of sp³-hybridized carbons (Fsp3) is 0.158. The monoisotopic (exact) mass is 381 g/mol. The molecule has 27 heavy (non-hydrogen) atoms. The van der Waals surface area contributed by atoms with Crippen LogP contribution in [0.1, 0.15) is 18.7 Å². The van der Waals surface area contributed by atoms with Crippen LogP contribution in [0.3, 0.4) is 0 Å². The van der Waals surface area contributed by atoms with Crippen LogP contribution >= 0.6 is 11.6 Å². The maximum Gasteiger partial charge on any atom is 0.317 e. The largest absolute Gasteiger partial charge is 0.454 e. The molecule has 7 nitrogen and oxygen atoms in total. The van der Waals surface area contributed by atoms with Gasteiger partial charge in [0.2, 0.25) is 0 Å². The van der Waals surface area contributed by atoms with Crippen LogP contribution in [-0.2, 0) is 7.05 Å². The average molecular weight is 382 g/mol. The molecule has 0 fully saturated rings. The van der Waals surface area contributed by atoms with Crippen LogP contribution in [0.4, 0.5) is 0 Å². The summed E-state index contributed by atoms with van der Waals surface area (Å²) in [6.45, 7) is 1.88. The van der Waals surface area contributed by atoms with E-state index >= 15 is 0 Å². The Morgan fingerprint density at radius 3 is 2.67 bits per heavy atom. The van der Waals surface area contributed by atoms with Crippen LogP contribution in [0.2, 0.25) is 5.02 Å². The Balaban J connectivity index is 1.53. The number of halogens is 1. The van der Waals surface area contributed by atoms with Crippen molar-refractivity contribution in [1.82, 2.24) is 24.9 Å². The van der Waals surface area contributed by atoms with Gasteiger partial charge in [-0.1, -0.05) is 34.0 Å². The minimum Gasteiger partial charge on any atom is -0.454 e. The third-order valence-corrected chi connectivity index (χ3v) is 4.34. The summed E-state index contributed by atoms with van der Waals surface area (Å²) in [5, 5.41) is 13.1. The lowest BCUT2D eigenvalue weighted by Gasteiger charge is -2.10. The van der Waals surface area contributed by atoms with Gasteiger partial charge in [0.15, 0.2) is 11.6 Å². The molecule has 0 N–H and O–H groups in total. The van der Waals surface area contributed by atoms with Crippen LogP contribution in [0, 0.1) is 0 Å². The van der Waals surface area contributed by atoms with Gasteiger partial charge in [-0.2, -0.15) is 0 Å². The van der Waals surface area contributed by atoms with Crippen LogP contribution in [0.15, 0.2) is 59.4 Å². The van der Waals surface area contributed by atoms with E-state index in [9.17, 15) is 0 Å². The highest BCUT2D eigenvalue weighted by atomic mass is 35.5. The Morgan fingerprint density at radius 1 is 1.07 bits per heavy atom. The summed E-state index contributed by atoms with van der Waals surface area (Å²) in [7, 11) is 1.85. The second-order valence-electron chi connectivity index (χ2n) is 5.99. The van der Waals surface area contributed by atoms with Crippen molar-refractivity contribution in [3.8, 4) is 28.7 Å². The molecule has 136 valence electrons. The minimum atomic E-state index is -0.366. The molecule has 0 unspecified atom stereocenters. The normalized spacial score (nSPS) is 12.1. The predicted molar refractivity (Wildman–Crippen MR) is 100 cm³/mol. The Labute approximate surface area is 160 Å². The zero-order valence-electron chi connectivity index (χ0n) is 14.7. The zero-order valence-corrected chi connectivity index (χ0v) is 15.5. The van der Waals surface area contributed by atoms with Gasteiger partial charge in [-0.3, -0.25) is 9.55 Å². The summed E-state index contributed by atoms with van der Waals surface area (Å²) in [5.41, 5.74) is 2.41. The number of pyridine rings is 1. The fourth-order valence-electron chi connectivity index (χ4n) is 2.65. The van der Waals surface area contributed by atoms with E-state index in [-0.39, 0.29) is 6.10 Å². The molecule has 0 aliphatic rings. The lowest BCUT2D eigenvalue weighted by molar-refractivity contribution is 0.190. The smallest absolute Gasteiger partial charge is 0.317 e. The van der Waals surface area contributed by atoms with E-state index in [0.717, 1.165) is 11.1 Å². The molecule has 4 aromatic rings. The second-order valence-corrected chi connectivity index (χ2v) is 6.42. The minimum absolute atomic E-state index is 0.366. The highest BCUT2D eigenvalue weighted by Crippen LogP contribution is 2.28. The van der Waals surface area contributed by atoms with E-state index in [1.165, 1.54) is 0 Å². The van der Waals surface area contributed by atoms with Gasteiger partial charge in [-0.05, 0) is 31.2 Å². The molecular formula is C19H16ClN5O2. The molecule has 8 heteroatoms. The molecule has 0 aliphatic heterocycles. The highest BCUT2D eigenvalue weighted by Gasteiger charge is 2.19. The Kier molecular flexibility index (Phi) is 4.60. The molecule has 1 aromatic carbocycles. The van der Waals surface area contributed by atoms with Crippen LogP contribution in [0.5, 0.6) is 6.01 Å². The molecule has 0 saturated carbocycles. The van der Waals surface area contributed by atoms with Gasteiger partial charge in [0.05, 0.1) is 0 Å². The summed E-state index contributed by atoms with van der Waals surface area (Å²) in [5.74, 6) is 1.32. The first-order valence-corrected chi connectivity index (χ1v) is 8.68. The maximum absolute atomic E-state index is 6.03. The molecule has 1 atom stereocenters. The SMILES string of the molecule is C[C@H](Oc1nnc(-c2ccncc2)n1C)c1cc(-c2cccc(Cl)c2)on1. The summed E-state index contributed by atoms with van der Waals surface area (Å²) >= 11 is 6.03. The topological polar surface area (TPSA) is 78.9 Å². The summed E-state index contributed by atoms with van der Waals surface area (Å²) < 4.78 is 13.1. The standard InChI is InChI=1S/C19H16ClN5O2/c1-12(16-11-17(27-24-16)14-4-3-5-15(20)10-14)26-19-23-22-18(25(19)2)13-6-8-21-9-7-13/h3-12H,1-2H3/t12-/m0/s1. The van der Waals surface area contributed by atoms with Gasteiger partial charge in [0, 0.05) is 41.7 Å². The van der Waals surface area contributed by atoms with E-state index < -0.39 is 0 Å². The number of hydrogen-bond donors (Lipinski definition) is 0. The summed E-state index contributed by atoms with van der Waals surface area (Å²) in [6.07, 6.45) is 3.05. The summed E-state index contributed by atoms with van der Waals surface area (Å²) in [4.78, 5) is 4.01. The lowest BCUT2D eigenvalue weighted by Crippen LogP contribution is -2.07. The van der Waals surface area contributed by atoms with Gasteiger partial charge in [0.1, 0.15) is 11.8 Å². The molecule has 0 spiro atoms. The quantitative estimate of drug-likeness (QED) is 0.512. The van der Waals surface area contributed by atoms with E-state index in [1.807, 2.05) is 56.4 Å².